The van der Waals surface area contributed by atoms with Gasteiger partial charge in [-0.1, -0.05) is 18.2 Å². The normalized spacial score (nSPS) is 13.7. The molecule has 4 rings (SSSR count). The van der Waals surface area contributed by atoms with Crippen molar-refractivity contribution >= 4 is 22.8 Å². The van der Waals surface area contributed by atoms with Gasteiger partial charge in [0.25, 0.3) is 0 Å². The first kappa shape index (κ1) is 15.5. The third-order valence-corrected chi connectivity index (χ3v) is 4.25. The van der Waals surface area contributed by atoms with Gasteiger partial charge in [0.15, 0.2) is 5.82 Å². The van der Waals surface area contributed by atoms with Gasteiger partial charge in [-0.05, 0) is 31.0 Å². The number of fused-ring (bicyclic) bond motifs is 1. The molecule has 0 unspecified atom stereocenters. The van der Waals surface area contributed by atoms with Crippen molar-refractivity contribution in [3.05, 3.63) is 48.4 Å². The van der Waals surface area contributed by atoms with Crippen LogP contribution in [0.25, 0.3) is 22.2 Å². The lowest BCUT2D eigenvalue weighted by Gasteiger charge is -2.11. The van der Waals surface area contributed by atoms with E-state index in [2.05, 4.69) is 15.3 Å². The Morgan fingerprint density at radius 2 is 1.96 bits per heavy atom. The molecule has 1 saturated carbocycles. The molecule has 0 spiro atoms. The predicted octanol–water partition coefficient (Wildman–Crippen LogP) is 3.79. The van der Waals surface area contributed by atoms with Gasteiger partial charge < -0.3 is 10.1 Å². The zero-order valence-electron chi connectivity index (χ0n) is 13.6. The van der Waals surface area contributed by atoms with Crippen LogP contribution in [0.15, 0.2) is 42.6 Å². The van der Waals surface area contributed by atoms with Crippen molar-refractivity contribution in [1.82, 2.24) is 9.97 Å². The molecule has 25 heavy (non-hydrogen) atoms. The van der Waals surface area contributed by atoms with E-state index in [0.717, 1.165) is 12.8 Å². The Labute approximate surface area is 143 Å². The second-order valence-corrected chi connectivity index (χ2v) is 6.01. The number of halogens is 1. The van der Waals surface area contributed by atoms with E-state index in [-0.39, 0.29) is 17.6 Å². The number of anilines is 1. The zero-order valence-corrected chi connectivity index (χ0v) is 13.6. The largest absolute Gasteiger partial charge is 0.494 e. The van der Waals surface area contributed by atoms with Crippen LogP contribution in [-0.4, -0.2) is 23.0 Å². The van der Waals surface area contributed by atoms with Crippen LogP contribution in [0.4, 0.5) is 10.2 Å². The molecule has 1 N–H and O–H groups in total. The lowest BCUT2D eigenvalue weighted by atomic mass is 10.0. The molecular weight excluding hydrogens is 321 g/mol. The van der Waals surface area contributed by atoms with Gasteiger partial charge in [-0.15, -0.1) is 0 Å². The molecule has 1 aromatic heterocycles. The highest BCUT2D eigenvalue weighted by atomic mass is 19.1. The Kier molecular flexibility index (Phi) is 3.80. The maximum absolute atomic E-state index is 14.2. The van der Waals surface area contributed by atoms with Gasteiger partial charge in [0.1, 0.15) is 22.6 Å². The standard InChI is InChI=1S/C19H16FN3O2/c1-25-15-9-8-13(12-4-2-3-5-14(12)20)17-18(15)22-16(10-21-17)23-19(24)11-6-7-11/h2-5,8-11H,6-7H2,1H3,(H,22,23,24). The summed E-state index contributed by atoms with van der Waals surface area (Å²) in [5, 5.41) is 2.78. The third kappa shape index (κ3) is 2.91. The molecular formula is C19H16FN3O2. The smallest absolute Gasteiger partial charge is 0.228 e. The second-order valence-electron chi connectivity index (χ2n) is 6.01. The molecule has 0 bridgehead atoms. The van der Waals surface area contributed by atoms with E-state index in [1.54, 1.807) is 30.3 Å². The van der Waals surface area contributed by atoms with Crippen molar-refractivity contribution in [3.8, 4) is 16.9 Å². The van der Waals surface area contributed by atoms with Crippen molar-refractivity contribution < 1.29 is 13.9 Å². The first-order chi connectivity index (χ1) is 12.2. The van der Waals surface area contributed by atoms with Gasteiger partial charge in [0, 0.05) is 17.0 Å². The highest BCUT2D eigenvalue weighted by Crippen LogP contribution is 2.34. The number of nitrogens with one attached hydrogen (secondary N) is 1. The van der Waals surface area contributed by atoms with Gasteiger partial charge in [0.2, 0.25) is 5.91 Å². The van der Waals surface area contributed by atoms with E-state index < -0.39 is 0 Å². The van der Waals surface area contributed by atoms with Crippen molar-refractivity contribution in [2.45, 2.75) is 12.8 Å². The fourth-order valence-corrected chi connectivity index (χ4v) is 2.77. The number of nitrogens with zero attached hydrogens (tertiary/aromatic N) is 2. The summed E-state index contributed by atoms with van der Waals surface area (Å²) in [5.41, 5.74) is 2.08. The molecule has 6 heteroatoms. The molecule has 0 aliphatic heterocycles. The van der Waals surface area contributed by atoms with E-state index in [4.69, 9.17) is 4.74 Å². The maximum Gasteiger partial charge on any atom is 0.228 e. The first-order valence-corrected chi connectivity index (χ1v) is 8.07. The number of carbonyl (C=O) groups excluding carboxylic acids is 1. The number of carbonyl (C=O) groups is 1. The third-order valence-electron chi connectivity index (χ3n) is 4.25. The van der Waals surface area contributed by atoms with E-state index in [0.29, 0.717) is 33.7 Å². The number of amides is 1. The lowest BCUT2D eigenvalue weighted by molar-refractivity contribution is -0.117. The quantitative estimate of drug-likeness (QED) is 0.787. The number of benzene rings is 2. The molecule has 126 valence electrons. The monoisotopic (exact) mass is 337 g/mol. The van der Waals surface area contributed by atoms with Crippen molar-refractivity contribution in [2.24, 2.45) is 5.92 Å². The molecule has 0 atom stereocenters. The van der Waals surface area contributed by atoms with E-state index in [9.17, 15) is 9.18 Å². The maximum atomic E-state index is 14.2. The minimum Gasteiger partial charge on any atom is -0.494 e. The highest BCUT2D eigenvalue weighted by molar-refractivity contribution is 5.97. The lowest BCUT2D eigenvalue weighted by Crippen LogP contribution is -2.14. The van der Waals surface area contributed by atoms with Gasteiger partial charge in [-0.25, -0.2) is 14.4 Å². The summed E-state index contributed by atoms with van der Waals surface area (Å²) >= 11 is 0. The summed E-state index contributed by atoms with van der Waals surface area (Å²) < 4.78 is 19.6. The SMILES string of the molecule is COc1ccc(-c2ccccc2F)c2ncc(NC(=O)C3CC3)nc12. The van der Waals surface area contributed by atoms with Crippen LogP contribution in [-0.2, 0) is 4.79 Å². The zero-order chi connectivity index (χ0) is 17.4. The van der Waals surface area contributed by atoms with Crippen LogP contribution in [0, 0.1) is 11.7 Å². The van der Waals surface area contributed by atoms with E-state index in [1.165, 1.54) is 19.4 Å². The molecule has 1 heterocycles. The summed E-state index contributed by atoms with van der Waals surface area (Å²) in [5.74, 6) is 0.586. The minimum atomic E-state index is -0.332. The van der Waals surface area contributed by atoms with Gasteiger partial charge >= 0.3 is 0 Å². The van der Waals surface area contributed by atoms with Gasteiger partial charge in [-0.3, -0.25) is 4.79 Å². The Morgan fingerprint density at radius 3 is 2.68 bits per heavy atom. The van der Waals surface area contributed by atoms with Crippen molar-refractivity contribution in [1.29, 1.82) is 0 Å². The Bertz CT molecular complexity index is 970. The van der Waals surface area contributed by atoms with Crippen LogP contribution in [0.1, 0.15) is 12.8 Å². The van der Waals surface area contributed by atoms with Gasteiger partial charge in [-0.2, -0.15) is 0 Å². The summed E-state index contributed by atoms with van der Waals surface area (Å²) in [6.45, 7) is 0. The first-order valence-electron chi connectivity index (χ1n) is 8.07. The van der Waals surface area contributed by atoms with Crippen LogP contribution in [0.2, 0.25) is 0 Å². The number of hydrogen-bond donors (Lipinski definition) is 1. The van der Waals surface area contributed by atoms with Crippen LogP contribution in [0.5, 0.6) is 5.75 Å². The predicted molar refractivity (Wildman–Crippen MR) is 92.8 cm³/mol. The molecule has 1 aliphatic rings. The topological polar surface area (TPSA) is 64.1 Å². The molecule has 5 nitrogen and oxygen atoms in total. The second kappa shape index (κ2) is 6.12. The van der Waals surface area contributed by atoms with Crippen LogP contribution >= 0.6 is 0 Å². The Hall–Kier alpha value is -3.02. The summed E-state index contributed by atoms with van der Waals surface area (Å²) in [6.07, 6.45) is 3.31. The molecule has 0 saturated heterocycles. The summed E-state index contributed by atoms with van der Waals surface area (Å²) in [4.78, 5) is 20.8. The van der Waals surface area contributed by atoms with Crippen LogP contribution < -0.4 is 10.1 Å². The molecule has 1 fully saturated rings. The molecule has 0 radical (unpaired) electrons. The summed E-state index contributed by atoms with van der Waals surface area (Å²) in [7, 11) is 1.54. The van der Waals surface area contributed by atoms with Crippen molar-refractivity contribution in [3.63, 3.8) is 0 Å². The minimum absolute atomic E-state index is 0.0436. The number of aromatic nitrogens is 2. The highest BCUT2D eigenvalue weighted by Gasteiger charge is 2.30. The fraction of sp³-hybridized carbons (Fsp3) is 0.211. The average Bonchev–Trinajstić information content (AvgIpc) is 3.46. The Balaban J connectivity index is 1.83. The number of methoxy groups -OCH3 is 1. The molecule has 1 aliphatic carbocycles. The fourth-order valence-electron chi connectivity index (χ4n) is 2.77. The number of hydrogen-bond acceptors (Lipinski definition) is 4. The average molecular weight is 337 g/mol. The molecule has 3 aromatic rings. The Morgan fingerprint density at radius 1 is 1.16 bits per heavy atom. The number of ether oxygens (including phenoxy) is 1. The number of rotatable bonds is 4. The van der Waals surface area contributed by atoms with Crippen molar-refractivity contribution in [2.75, 3.05) is 12.4 Å². The van der Waals surface area contributed by atoms with E-state index >= 15 is 0 Å². The molecule has 1 amide bonds. The summed E-state index contributed by atoms with van der Waals surface area (Å²) in [6, 6.07) is 10.00. The van der Waals surface area contributed by atoms with Crippen LogP contribution in [0.3, 0.4) is 0 Å². The van der Waals surface area contributed by atoms with E-state index in [1.807, 2.05) is 0 Å². The van der Waals surface area contributed by atoms with Gasteiger partial charge in [0.05, 0.1) is 13.3 Å². The molecule has 2 aromatic carbocycles.